The second kappa shape index (κ2) is 8.31. The number of hydrogen-bond donors (Lipinski definition) is 2. The third kappa shape index (κ3) is 4.51. The molecule has 174 valence electrons. The number of nitrogens with zero attached hydrogens (tertiary/aromatic N) is 2. The standard InChI is InChI=1S/C22H24N4O5S2/c1-3-12-33(30,31)17-9-7-16(8-10-17)26-21-18(20(24-26)22(23)27)11-5-14-4-6-15(13-19(14)21)25-32(2,28)29/h4,6-10,13,25H,3,5,11-12H2,1-2H3,(H2,23,27). The van der Waals surface area contributed by atoms with Crippen LogP contribution in [0.4, 0.5) is 5.69 Å². The number of rotatable bonds is 7. The van der Waals surface area contributed by atoms with Crippen LogP contribution in [0.2, 0.25) is 0 Å². The van der Waals surface area contributed by atoms with Crippen LogP contribution in [-0.2, 0) is 32.7 Å². The summed E-state index contributed by atoms with van der Waals surface area (Å²) in [5.41, 5.74) is 9.68. The molecule has 0 atom stereocenters. The summed E-state index contributed by atoms with van der Waals surface area (Å²) in [5.74, 6) is -0.611. The van der Waals surface area contributed by atoms with Gasteiger partial charge in [-0.3, -0.25) is 9.52 Å². The van der Waals surface area contributed by atoms with Gasteiger partial charge in [0.1, 0.15) is 0 Å². The van der Waals surface area contributed by atoms with Crippen LogP contribution in [0.5, 0.6) is 0 Å². The monoisotopic (exact) mass is 488 g/mol. The Kier molecular flexibility index (Phi) is 5.79. The molecule has 1 heterocycles. The summed E-state index contributed by atoms with van der Waals surface area (Å²) in [6, 6.07) is 11.5. The van der Waals surface area contributed by atoms with Crippen molar-refractivity contribution in [2.45, 2.75) is 31.1 Å². The van der Waals surface area contributed by atoms with Crippen LogP contribution in [0.3, 0.4) is 0 Å². The molecule has 0 fully saturated rings. The predicted octanol–water partition coefficient (Wildman–Crippen LogP) is 2.29. The Labute approximate surface area is 192 Å². The van der Waals surface area contributed by atoms with E-state index in [1.807, 2.05) is 6.07 Å². The Bertz CT molecular complexity index is 1460. The van der Waals surface area contributed by atoms with E-state index in [2.05, 4.69) is 9.82 Å². The van der Waals surface area contributed by atoms with E-state index in [0.29, 0.717) is 41.9 Å². The molecule has 1 aromatic heterocycles. The number of carbonyl (C=O) groups is 1. The van der Waals surface area contributed by atoms with Crippen LogP contribution in [0.15, 0.2) is 47.4 Å². The number of sulfonamides is 1. The number of nitrogens with one attached hydrogen (secondary N) is 1. The van der Waals surface area contributed by atoms with Gasteiger partial charge in [0.2, 0.25) is 10.0 Å². The molecule has 1 aliphatic rings. The first-order valence-electron chi connectivity index (χ1n) is 10.4. The Hall–Kier alpha value is -3.18. The highest BCUT2D eigenvalue weighted by Crippen LogP contribution is 2.38. The van der Waals surface area contributed by atoms with Gasteiger partial charge in [-0.15, -0.1) is 0 Å². The van der Waals surface area contributed by atoms with Crippen molar-refractivity contribution in [3.63, 3.8) is 0 Å². The third-order valence-corrected chi connectivity index (χ3v) is 7.99. The number of hydrogen-bond acceptors (Lipinski definition) is 6. The number of anilines is 1. The highest BCUT2D eigenvalue weighted by molar-refractivity contribution is 7.92. The lowest BCUT2D eigenvalue weighted by atomic mass is 9.88. The lowest BCUT2D eigenvalue weighted by molar-refractivity contribution is 0.0994. The number of nitrogens with two attached hydrogens (primary N) is 1. The SMILES string of the molecule is CCCS(=O)(=O)c1ccc(-n2nc(C(N)=O)c3c2-c2cc(NS(C)(=O)=O)ccc2CC3)cc1. The number of carbonyl (C=O) groups excluding carboxylic acids is 1. The van der Waals surface area contributed by atoms with Gasteiger partial charge < -0.3 is 5.73 Å². The molecule has 33 heavy (non-hydrogen) atoms. The smallest absolute Gasteiger partial charge is 0.269 e. The lowest BCUT2D eigenvalue weighted by Gasteiger charge is -2.20. The van der Waals surface area contributed by atoms with Crippen LogP contribution in [0.1, 0.15) is 35.0 Å². The average Bonchev–Trinajstić information content (AvgIpc) is 3.13. The molecule has 0 unspecified atom stereocenters. The molecule has 1 amide bonds. The van der Waals surface area contributed by atoms with Crippen molar-refractivity contribution in [2.24, 2.45) is 5.73 Å². The molecule has 11 heteroatoms. The first kappa shape index (κ1) is 23.0. The first-order chi connectivity index (χ1) is 15.5. The average molecular weight is 489 g/mol. The fourth-order valence-corrected chi connectivity index (χ4v) is 5.96. The molecule has 4 rings (SSSR count). The quantitative estimate of drug-likeness (QED) is 0.523. The molecule has 0 radical (unpaired) electrons. The van der Waals surface area contributed by atoms with Crippen LogP contribution in [0.25, 0.3) is 16.9 Å². The van der Waals surface area contributed by atoms with Gasteiger partial charge in [-0.25, -0.2) is 21.5 Å². The normalized spacial score (nSPS) is 13.3. The van der Waals surface area contributed by atoms with E-state index in [0.717, 1.165) is 17.4 Å². The summed E-state index contributed by atoms with van der Waals surface area (Å²) < 4.78 is 52.2. The summed E-state index contributed by atoms with van der Waals surface area (Å²) in [5, 5.41) is 4.45. The van der Waals surface area contributed by atoms with E-state index < -0.39 is 25.8 Å². The number of fused-ring (bicyclic) bond motifs is 3. The van der Waals surface area contributed by atoms with E-state index in [-0.39, 0.29) is 16.3 Å². The van der Waals surface area contributed by atoms with E-state index in [1.165, 1.54) is 12.1 Å². The van der Waals surface area contributed by atoms with E-state index >= 15 is 0 Å². The molecule has 0 saturated carbocycles. The predicted molar refractivity (Wildman–Crippen MR) is 126 cm³/mol. The van der Waals surface area contributed by atoms with Gasteiger partial charge >= 0.3 is 0 Å². The van der Waals surface area contributed by atoms with Gasteiger partial charge in [0.25, 0.3) is 5.91 Å². The molecular weight excluding hydrogens is 464 g/mol. The van der Waals surface area contributed by atoms with Gasteiger partial charge in [-0.2, -0.15) is 5.10 Å². The maximum Gasteiger partial charge on any atom is 0.269 e. The van der Waals surface area contributed by atoms with Crippen molar-refractivity contribution in [3.05, 3.63) is 59.3 Å². The van der Waals surface area contributed by atoms with E-state index in [1.54, 1.807) is 35.9 Å². The van der Waals surface area contributed by atoms with Gasteiger partial charge in [0.15, 0.2) is 15.5 Å². The number of benzene rings is 2. The number of primary amides is 1. The Morgan fingerprint density at radius 3 is 2.39 bits per heavy atom. The maximum absolute atomic E-state index is 12.4. The van der Waals surface area contributed by atoms with Crippen LogP contribution in [-0.4, -0.2) is 44.5 Å². The zero-order chi connectivity index (χ0) is 24.0. The van der Waals surface area contributed by atoms with Crippen molar-refractivity contribution >= 4 is 31.5 Å². The van der Waals surface area contributed by atoms with Crippen LogP contribution < -0.4 is 10.5 Å². The minimum atomic E-state index is -3.48. The number of sulfone groups is 1. The summed E-state index contributed by atoms with van der Waals surface area (Å²) >= 11 is 0. The number of amides is 1. The maximum atomic E-state index is 12.4. The summed E-state index contributed by atoms with van der Waals surface area (Å²) in [4.78, 5) is 12.3. The summed E-state index contributed by atoms with van der Waals surface area (Å²) in [6.45, 7) is 1.80. The first-order valence-corrected chi connectivity index (χ1v) is 13.9. The second-order valence-corrected chi connectivity index (χ2v) is 11.9. The molecule has 0 bridgehead atoms. The molecule has 9 nitrogen and oxygen atoms in total. The Morgan fingerprint density at radius 1 is 1.09 bits per heavy atom. The molecule has 0 spiro atoms. The molecule has 3 N–H and O–H groups in total. The minimum absolute atomic E-state index is 0.0544. The van der Waals surface area contributed by atoms with Gasteiger partial charge in [0, 0.05) is 16.8 Å². The highest BCUT2D eigenvalue weighted by atomic mass is 32.2. The molecule has 2 aromatic carbocycles. The van der Waals surface area contributed by atoms with Crippen molar-refractivity contribution in [2.75, 3.05) is 16.7 Å². The summed E-state index contributed by atoms with van der Waals surface area (Å²) in [7, 11) is -6.85. The zero-order valence-electron chi connectivity index (χ0n) is 18.2. The highest BCUT2D eigenvalue weighted by Gasteiger charge is 2.28. The van der Waals surface area contributed by atoms with Gasteiger partial charge in [0.05, 0.1) is 28.3 Å². The minimum Gasteiger partial charge on any atom is -0.364 e. The molecule has 3 aromatic rings. The fourth-order valence-electron chi connectivity index (χ4n) is 4.08. The van der Waals surface area contributed by atoms with Crippen LogP contribution in [0, 0.1) is 0 Å². The summed E-state index contributed by atoms with van der Waals surface area (Å²) in [6.07, 6.45) is 2.77. The Morgan fingerprint density at radius 2 is 1.79 bits per heavy atom. The van der Waals surface area contributed by atoms with Crippen molar-refractivity contribution in [3.8, 4) is 16.9 Å². The lowest BCUT2D eigenvalue weighted by Crippen LogP contribution is -2.15. The van der Waals surface area contributed by atoms with Gasteiger partial charge in [-0.05, 0) is 61.2 Å². The second-order valence-electron chi connectivity index (χ2n) is 8.01. The largest absolute Gasteiger partial charge is 0.364 e. The zero-order valence-corrected chi connectivity index (χ0v) is 19.8. The third-order valence-electron chi connectivity index (χ3n) is 5.44. The van der Waals surface area contributed by atoms with Crippen LogP contribution >= 0.6 is 0 Å². The fraction of sp³-hybridized carbons (Fsp3) is 0.273. The van der Waals surface area contributed by atoms with Crippen molar-refractivity contribution in [1.29, 1.82) is 0 Å². The van der Waals surface area contributed by atoms with E-state index in [4.69, 9.17) is 5.73 Å². The van der Waals surface area contributed by atoms with E-state index in [9.17, 15) is 21.6 Å². The topological polar surface area (TPSA) is 141 Å². The number of aromatic nitrogens is 2. The molecule has 0 aliphatic heterocycles. The molecule has 0 saturated heterocycles. The molecule has 1 aliphatic carbocycles. The van der Waals surface area contributed by atoms with Crippen molar-refractivity contribution in [1.82, 2.24) is 9.78 Å². The Balaban J connectivity index is 1.88. The van der Waals surface area contributed by atoms with Crippen molar-refractivity contribution < 1.29 is 21.6 Å². The van der Waals surface area contributed by atoms with Gasteiger partial charge in [-0.1, -0.05) is 13.0 Å². The number of aryl methyl sites for hydroxylation is 1. The molecular formula is C22H24N4O5S2.